The highest BCUT2D eigenvalue weighted by atomic mass is 32.1. The lowest BCUT2D eigenvalue weighted by molar-refractivity contribution is -0.150. The first-order valence-electron chi connectivity index (χ1n) is 10.1. The number of ether oxygens (including phenoxy) is 1. The Bertz CT molecular complexity index is 1180. The minimum absolute atomic E-state index is 0.0310. The van der Waals surface area contributed by atoms with E-state index in [-0.39, 0.29) is 18.3 Å². The molecule has 0 aliphatic rings. The Balaban J connectivity index is 1.49. The molecule has 0 aliphatic carbocycles. The number of rotatable bonds is 8. The number of benzene rings is 2. The number of hydrogen-bond acceptors (Lipinski definition) is 5. The molecule has 2 aromatic carbocycles. The summed E-state index contributed by atoms with van der Waals surface area (Å²) in [7, 11) is 0. The van der Waals surface area contributed by atoms with Crippen LogP contribution in [0, 0.1) is 0 Å². The van der Waals surface area contributed by atoms with E-state index in [2.05, 4.69) is 43.3 Å². The summed E-state index contributed by atoms with van der Waals surface area (Å²) < 4.78 is 10.7. The largest absolute Gasteiger partial charge is 0.457 e. The van der Waals surface area contributed by atoms with Crippen molar-refractivity contribution in [2.45, 2.75) is 52.1 Å². The van der Waals surface area contributed by atoms with Crippen LogP contribution in [0.15, 0.2) is 42.5 Å². The molecule has 4 rings (SSSR count). The summed E-state index contributed by atoms with van der Waals surface area (Å²) >= 11 is 3.61. The molecule has 3 nitrogen and oxygen atoms in total. The number of esters is 1. The number of carbonyl (C=O) groups excluding carboxylic acids is 2. The molecule has 0 saturated heterocycles. The van der Waals surface area contributed by atoms with Gasteiger partial charge in [-0.25, -0.2) is 0 Å². The lowest BCUT2D eigenvalue weighted by Crippen LogP contribution is -2.13. The van der Waals surface area contributed by atoms with Crippen LogP contribution in [0.1, 0.15) is 57.6 Å². The van der Waals surface area contributed by atoms with Gasteiger partial charge in [-0.05, 0) is 31.0 Å². The van der Waals surface area contributed by atoms with Gasteiger partial charge in [0.2, 0.25) is 0 Å². The summed E-state index contributed by atoms with van der Waals surface area (Å²) in [4.78, 5) is 24.0. The fourth-order valence-corrected chi connectivity index (χ4v) is 6.30. The second-order valence-electron chi connectivity index (χ2n) is 7.42. The summed E-state index contributed by atoms with van der Waals surface area (Å²) in [6.07, 6.45) is 2.89. The summed E-state index contributed by atoms with van der Waals surface area (Å²) in [6, 6.07) is 14.8. The van der Waals surface area contributed by atoms with E-state index < -0.39 is 5.97 Å². The number of thiophene rings is 2. The maximum Gasteiger partial charge on any atom is 0.313 e. The molecule has 0 fully saturated rings. The van der Waals surface area contributed by atoms with Crippen LogP contribution in [0.4, 0.5) is 0 Å². The molecular formula is C24H24O3S2. The monoisotopic (exact) mass is 424 g/mol. The molecular weight excluding hydrogens is 400 g/mol. The van der Waals surface area contributed by atoms with Gasteiger partial charge in [0.1, 0.15) is 18.3 Å². The predicted molar refractivity (Wildman–Crippen MR) is 123 cm³/mol. The van der Waals surface area contributed by atoms with Crippen molar-refractivity contribution in [2.24, 2.45) is 0 Å². The van der Waals surface area contributed by atoms with Gasteiger partial charge in [0, 0.05) is 26.6 Å². The SMILES string of the molecule is CCCCCC(=O)CC(=O)OC(C)c1ccc2c(c1)sc1c3ccccc3sc21. The van der Waals surface area contributed by atoms with Crippen molar-refractivity contribution in [2.75, 3.05) is 0 Å². The molecule has 29 heavy (non-hydrogen) atoms. The van der Waals surface area contributed by atoms with Crippen LogP contribution in [0.5, 0.6) is 0 Å². The van der Waals surface area contributed by atoms with E-state index in [1.165, 1.54) is 29.6 Å². The fraction of sp³-hybridized carbons (Fsp3) is 0.333. The van der Waals surface area contributed by atoms with Crippen molar-refractivity contribution in [1.82, 2.24) is 0 Å². The zero-order valence-corrected chi connectivity index (χ0v) is 18.3. The molecule has 2 aromatic heterocycles. The summed E-state index contributed by atoms with van der Waals surface area (Å²) in [5, 5.41) is 2.55. The van der Waals surface area contributed by atoms with Gasteiger partial charge >= 0.3 is 5.97 Å². The Labute approximate surface area is 178 Å². The van der Waals surface area contributed by atoms with Gasteiger partial charge in [0.05, 0.1) is 9.40 Å². The predicted octanol–water partition coefficient (Wildman–Crippen LogP) is 7.41. The van der Waals surface area contributed by atoms with E-state index in [4.69, 9.17) is 4.74 Å². The Morgan fingerprint density at radius 3 is 2.48 bits per heavy atom. The molecule has 1 atom stereocenters. The molecule has 0 N–H and O–H groups in total. The first kappa shape index (κ1) is 20.0. The summed E-state index contributed by atoms with van der Waals surface area (Å²) in [6.45, 7) is 3.96. The van der Waals surface area contributed by atoms with Gasteiger partial charge < -0.3 is 4.74 Å². The number of carbonyl (C=O) groups is 2. The molecule has 0 amide bonds. The highest BCUT2D eigenvalue weighted by Crippen LogP contribution is 2.44. The van der Waals surface area contributed by atoms with Crippen LogP contribution >= 0.6 is 22.7 Å². The van der Waals surface area contributed by atoms with Crippen LogP contribution in [0.25, 0.3) is 29.6 Å². The van der Waals surface area contributed by atoms with Crippen LogP contribution in [0.3, 0.4) is 0 Å². The van der Waals surface area contributed by atoms with Crippen molar-refractivity contribution in [3.05, 3.63) is 48.0 Å². The second kappa shape index (κ2) is 8.64. The average Bonchev–Trinajstić information content (AvgIpc) is 3.23. The van der Waals surface area contributed by atoms with E-state index in [1.807, 2.05) is 24.3 Å². The van der Waals surface area contributed by atoms with E-state index in [0.29, 0.717) is 6.42 Å². The van der Waals surface area contributed by atoms with Crippen molar-refractivity contribution in [3.8, 4) is 0 Å². The van der Waals surface area contributed by atoms with E-state index >= 15 is 0 Å². The molecule has 0 radical (unpaired) electrons. The normalized spacial score (nSPS) is 12.6. The van der Waals surface area contributed by atoms with E-state index in [0.717, 1.165) is 24.8 Å². The zero-order valence-electron chi connectivity index (χ0n) is 16.7. The van der Waals surface area contributed by atoms with Crippen LogP contribution < -0.4 is 0 Å². The number of Topliss-reactive ketones (excluding diaryl/α,β-unsaturated/α-hetero) is 1. The number of ketones is 1. The quantitative estimate of drug-likeness (QED) is 0.168. The van der Waals surface area contributed by atoms with Gasteiger partial charge in [-0.1, -0.05) is 50.1 Å². The summed E-state index contributed by atoms with van der Waals surface area (Å²) in [5.41, 5.74) is 0.961. The Hall–Kier alpha value is -2.24. The topological polar surface area (TPSA) is 43.4 Å². The Morgan fingerprint density at radius 1 is 0.966 bits per heavy atom. The minimum Gasteiger partial charge on any atom is -0.457 e. The highest BCUT2D eigenvalue weighted by molar-refractivity contribution is 7.36. The van der Waals surface area contributed by atoms with E-state index in [1.54, 1.807) is 11.3 Å². The van der Waals surface area contributed by atoms with Gasteiger partial charge in [0.15, 0.2) is 0 Å². The van der Waals surface area contributed by atoms with Gasteiger partial charge in [-0.2, -0.15) is 0 Å². The van der Waals surface area contributed by atoms with Crippen LogP contribution in [-0.2, 0) is 14.3 Å². The minimum atomic E-state index is -0.433. The van der Waals surface area contributed by atoms with Crippen molar-refractivity contribution >= 4 is 64.0 Å². The lowest BCUT2D eigenvalue weighted by atomic mass is 10.1. The Kier molecular flexibility index (Phi) is 5.97. The Morgan fingerprint density at radius 2 is 1.69 bits per heavy atom. The maximum atomic E-state index is 12.1. The average molecular weight is 425 g/mol. The fourth-order valence-electron chi connectivity index (χ4n) is 3.60. The maximum absolute atomic E-state index is 12.1. The van der Waals surface area contributed by atoms with Crippen LogP contribution in [0.2, 0.25) is 0 Å². The van der Waals surface area contributed by atoms with Crippen molar-refractivity contribution in [3.63, 3.8) is 0 Å². The molecule has 2 heterocycles. The first-order valence-corrected chi connectivity index (χ1v) is 11.7. The number of fused-ring (bicyclic) bond motifs is 5. The van der Waals surface area contributed by atoms with E-state index in [9.17, 15) is 9.59 Å². The van der Waals surface area contributed by atoms with Crippen molar-refractivity contribution < 1.29 is 14.3 Å². The highest BCUT2D eigenvalue weighted by Gasteiger charge is 2.17. The van der Waals surface area contributed by atoms with Gasteiger partial charge in [0.25, 0.3) is 0 Å². The molecule has 5 heteroatoms. The number of unbranched alkanes of at least 4 members (excludes halogenated alkanes) is 2. The molecule has 0 bridgehead atoms. The zero-order chi connectivity index (χ0) is 20.4. The molecule has 0 spiro atoms. The molecule has 4 aromatic rings. The molecule has 0 saturated carbocycles. The van der Waals surface area contributed by atoms with Gasteiger partial charge in [-0.15, -0.1) is 22.7 Å². The summed E-state index contributed by atoms with van der Waals surface area (Å²) in [5.74, 6) is -0.464. The standard InChI is InChI=1S/C24H24O3S2/c1-3-4-5-8-17(25)14-22(26)27-15(2)16-11-12-19-21(13-16)29-23-18-9-6-7-10-20(18)28-24(19)23/h6-7,9-13,15H,3-5,8,14H2,1-2H3. The van der Waals surface area contributed by atoms with Crippen molar-refractivity contribution in [1.29, 1.82) is 0 Å². The smallest absolute Gasteiger partial charge is 0.313 e. The molecule has 150 valence electrons. The third-order valence-corrected chi connectivity index (χ3v) is 7.71. The molecule has 0 aliphatic heterocycles. The van der Waals surface area contributed by atoms with Gasteiger partial charge in [-0.3, -0.25) is 9.59 Å². The number of hydrogen-bond donors (Lipinski definition) is 0. The first-order chi connectivity index (χ1) is 14.1. The third-order valence-electron chi connectivity index (χ3n) is 5.19. The second-order valence-corrected chi connectivity index (χ2v) is 9.52. The molecule has 1 unspecified atom stereocenters. The van der Waals surface area contributed by atoms with Crippen LogP contribution in [-0.4, -0.2) is 11.8 Å². The third kappa shape index (κ3) is 4.21. The lowest BCUT2D eigenvalue weighted by Gasteiger charge is -2.13.